The molecule has 2 saturated heterocycles. The van der Waals surface area contributed by atoms with Crippen LogP contribution in [0.25, 0.3) is 0 Å². The van der Waals surface area contributed by atoms with E-state index in [0.29, 0.717) is 39.1 Å². The summed E-state index contributed by atoms with van der Waals surface area (Å²) in [7, 11) is 0. The smallest absolute Gasteiger partial charge is 0.296 e. The fourth-order valence-corrected chi connectivity index (χ4v) is 3.55. The third-order valence-corrected chi connectivity index (χ3v) is 4.86. The highest BCUT2D eigenvalue weighted by atomic mass is 79.9. The number of benzene rings is 1. The molecule has 0 amide bonds. The van der Waals surface area contributed by atoms with Crippen LogP contribution in [0.4, 0.5) is 21.5 Å². The summed E-state index contributed by atoms with van der Waals surface area (Å²) in [5.41, 5.74) is 5.48. The molecule has 0 unspecified atom stereocenters. The predicted molar refractivity (Wildman–Crippen MR) is 81.2 cm³/mol. The third-order valence-electron chi connectivity index (χ3n) is 4.06. The number of nitro benzene ring substituents is 1. The lowest BCUT2D eigenvalue weighted by atomic mass is 10.0. The van der Waals surface area contributed by atoms with Gasteiger partial charge in [0.25, 0.3) is 5.69 Å². The highest BCUT2D eigenvalue weighted by Gasteiger charge is 2.41. The number of nitrogens with zero attached hydrogens (tertiary/aromatic N) is 2. The average molecular weight is 376 g/mol. The first-order valence-corrected chi connectivity index (χ1v) is 7.67. The Morgan fingerprint density at radius 2 is 1.95 bits per heavy atom. The van der Waals surface area contributed by atoms with Gasteiger partial charge in [0.1, 0.15) is 5.69 Å². The quantitative estimate of drug-likeness (QED) is 0.484. The lowest BCUT2D eigenvalue weighted by molar-refractivity contribution is -0.384. The number of halogens is 2. The van der Waals surface area contributed by atoms with E-state index in [1.165, 1.54) is 0 Å². The Balaban J connectivity index is 1.87. The molecule has 0 radical (unpaired) electrons. The molecule has 1 aromatic carbocycles. The summed E-state index contributed by atoms with van der Waals surface area (Å²) >= 11 is 3.19. The predicted octanol–water partition coefficient (Wildman–Crippen LogP) is 2.42. The van der Waals surface area contributed by atoms with Crippen molar-refractivity contribution in [1.82, 2.24) is 0 Å². The highest BCUT2D eigenvalue weighted by Crippen LogP contribution is 2.42. The maximum Gasteiger partial charge on any atom is 0.296 e. The van der Waals surface area contributed by atoms with E-state index in [9.17, 15) is 14.5 Å². The molecule has 0 bridgehead atoms. The summed E-state index contributed by atoms with van der Waals surface area (Å²) in [6.45, 7) is 2.19. The van der Waals surface area contributed by atoms with Crippen molar-refractivity contribution in [3.8, 4) is 0 Å². The van der Waals surface area contributed by atoms with E-state index >= 15 is 0 Å². The van der Waals surface area contributed by atoms with Gasteiger partial charge in [-0.1, -0.05) is 0 Å². The summed E-state index contributed by atoms with van der Waals surface area (Å²) in [4.78, 5) is 12.0. The molecule has 2 aliphatic heterocycles. The zero-order valence-corrected chi connectivity index (χ0v) is 13.3. The molecule has 3 rings (SSSR count). The van der Waals surface area contributed by atoms with E-state index in [4.69, 9.17) is 15.2 Å². The van der Waals surface area contributed by atoms with Gasteiger partial charge in [0.15, 0.2) is 11.6 Å². The first-order valence-electron chi connectivity index (χ1n) is 6.88. The van der Waals surface area contributed by atoms with Crippen LogP contribution >= 0.6 is 15.9 Å². The summed E-state index contributed by atoms with van der Waals surface area (Å²) in [5.74, 6) is -1.23. The van der Waals surface area contributed by atoms with Gasteiger partial charge >= 0.3 is 0 Å². The number of nitrogens with two attached hydrogens (primary N) is 1. The topological polar surface area (TPSA) is 90.9 Å². The lowest BCUT2D eigenvalue weighted by Gasteiger charge is -2.39. The van der Waals surface area contributed by atoms with Crippen molar-refractivity contribution in [2.75, 3.05) is 36.9 Å². The molecule has 2 N–H and O–H groups in total. The number of hydrogen-bond acceptors (Lipinski definition) is 6. The highest BCUT2D eigenvalue weighted by molar-refractivity contribution is 9.10. The molecular formula is C13H15BrFN3O4. The van der Waals surface area contributed by atoms with E-state index in [1.807, 2.05) is 0 Å². The van der Waals surface area contributed by atoms with Crippen molar-refractivity contribution in [3.05, 3.63) is 26.5 Å². The molecule has 0 aromatic heterocycles. The SMILES string of the molecule is Nc1c([N+](=O)[O-])cc(F)c(N2CCC3(CC2)OCCO3)c1Br. The lowest BCUT2D eigenvalue weighted by Crippen LogP contribution is -2.45. The third kappa shape index (κ3) is 2.53. The maximum absolute atomic E-state index is 14.3. The van der Waals surface area contributed by atoms with E-state index in [1.54, 1.807) is 4.90 Å². The molecule has 0 saturated carbocycles. The van der Waals surface area contributed by atoms with Crippen LogP contribution in [0.3, 0.4) is 0 Å². The zero-order valence-electron chi connectivity index (χ0n) is 11.7. The molecule has 0 atom stereocenters. The van der Waals surface area contributed by atoms with Crippen molar-refractivity contribution < 1.29 is 18.8 Å². The summed E-state index contributed by atoms with van der Waals surface area (Å²) < 4.78 is 25.8. The van der Waals surface area contributed by atoms with Crippen molar-refractivity contribution >= 4 is 33.0 Å². The average Bonchev–Trinajstić information content (AvgIpc) is 2.93. The summed E-state index contributed by atoms with van der Waals surface area (Å²) in [6, 6.07) is 0.863. The standard InChI is InChI=1S/C13H15BrFN3O4/c14-10-11(16)9(18(19)20)7-8(15)12(10)17-3-1-13(2-4-17)21-5-6-22-13/h7H,1-6,16H2. The summed E-state index contributed by atoms with van der Waals surface area (Å²) in [5, 5.41) is 10.9. The Morgan fingerprint density at radius 1 is 1.36 bits per heavy atom. The second-order valence-corrected chi connectivity index (χ2v) is 6.10. The molecule has 1 spiro atoms. The van der Waals surface area contributed by atoms with Crippen molar-refractivity contribution in [2.24, 2.45) is 0 Å². The van der Waals surface area contributed by atoms with E-state index < -0.39 is 22.2 Å². The minimum Gasteiger partial charge on any atom is -0.392 e. The Hall–Kier alpha value is -1.45. The Labute approximate surface area is 134 Å². The van der Waals surface area contributed by atoms with Gasteiger partial charge in [-0.15, -0.1) is 0 Å². The summed E-state index contributed by atoms with van der Waals surface area (Å²) in [6.07, 6.45) is 1.21. The Bertz CT molecular complexity index is 612. The molecule has 2 heterocycles. The van der Waals surface area contributed by atoms with Gasteiger partial charge < -0.3 is 20.1 Å². The van der Waals surface area contributed by atoms with Gasteiger partial charge in [-0.2, -0.15) is 0 Å². The van der Waals surface area contributed by atoms with Gasteiger partial charge in [0.2, 0.25) is 0 Å². The van der Waals surface area contributed by atoms with Crippen LogP contribution in [0, 0.1) is 15.9 Å². The molecule has 22 heavy (non-hydrogen) atoms. The van der Waals surface area contributed by atoms with Crippen LogP contribution in [0.2, 0.25) is 0 Å². The Morgan fingerprint density at radius 3 is 2.50 bits per heavy atom. The van der Waals surface area contributed by atoms with Crippen molar-refractivity contribution in [1.29, 1.82) is 0 Å². The van der Waals surface area contributed by atoms with Crippen LogP contribution in [-0.2, 0) is 9.47 Å². The number of hydrogen-bond donors (Lipinski definition) is 1. The number of nitro groups is 1. The second kappa shape index (κ2) is 5.64. The van der Waals surface area contributed by atoms with Crippen molar-refractivity contribution in [3.63, 3.8) is 0 Å². The molecule has 7 nitrogen and oxygen atoms in total. The number of nitrogen functional groups attached to an aromatic ring is 1. The van der Waals surface area contributed by atoms with Crippen molar-refractivity contribution in [2.45, 2.75) is 18.6 Å². The van der Waals surface area contributed by atoms with Crippen LogP contribution in [0.15, 0.2) is 10.5 Å². The molecule has 9 heteroatoms. The number of piperidine rings is 1. The molecule has 120 valence electrons. The number of anilines is 2. The van der Waals surface area contributed by atoms with Crippen LogP contribution in [-0.4, -0.2) is 37.0 Å². The maximum atomic E-state index is 14.3. The number of ether oxygens (including phenoxy) is 2. The van der Waals surface area contributed by atoms with Gasteiger partial charge in [-0.25, -0.2) is 4.39 Å². The molecule has 0 aliphatic carbocycles. The van der Waals surface area contributed by atoms with E-state index in [2.05, 4.69) is 15.9 Å². The Kier molecular flexibility index (Phi) is 3.96. The largest absolute Gasteiger partial charge is 0.392 e. The van der Waals surface area contributed by atoms with Crippen LogP contribution in [0.1, 0.15) is 12.8 Å². The van der Waals surface area contributed by atoms with Gasteiger partial charge in [0, 0.05) is 25.9 Å². The molecule has 2 fully saturated rings. The minimum atomic E-state index is -0.696. The van der Waals surface area contributed by atoms with E-state index in [-0.39, 0.29) is 15.8 Å². The number of rotatable bonds is 2. The minimum absolute atomic E-state index is 0.0740. The van der Waals surface area contributed by atoms with Crippen LogP contribution < -0.4 is 10.6 Å². The molecule has 2 aliphatic rings. The monoisotopic (exact) mass is 375 g/mol. The van der Waals surface area contributed by atoms with Gasteiger partial charge in [-0.05, 0) is 15.9 Å². The first kappa shape index (κ1) is 15.4. The van der Waals surface area contributed by atoms with E-state index in [0.717, 1.165) is 6.07 Å². The second-order valence-electron chi connectivity index (χ2n) is 5.31. The fraction of sp³-hybridized carbons (Fsp3) is 0.538. The first-order chi connectivity index (χ1) is 10.4. The fourth-order valence-electron chi connectivity index (χ4n) is 2.91. The normalized spacial score (nSPS) is 20.5. The zero-order chi connectivity index (χ0) is 15.9. The van der Waals surface area contributed by atoms with Gasteiger partial charge in [-0.3, -0.25) is 10.1 Å². The molecule has 1 aromatic rings. The molecular weight excluding hydrogens is 361 g/mol. The van der Waals surface area contributed by atoms with Crippen LogP contribution in [0.5, 0.6) is 0 Å². The van der Waals surface area contributed by atoms with Gasteiger partial charge in [0.05, 0.1) is 34.4 Å².